The highest BCUT2D eigenvalue weighted by molar-refractivity contribution is 5.83. The van der Waals surface area contributed by atoms with Crippen molar-refractivity contribution in [2.75, 3.05) is 26.8 Å². The van der Waals surface area contributed by atoms with Gasteiger partial charge in [0.05, 0.1) is 6.61 Å². The van der Waals surface area contributed by atoms with Crippen molar-refractivity contribution in [1.82, 2.24) is 4.90 Å². The first kappa shape index (κ1) is 18.8. The molecule has 0 spiro atoms. The third-order valence-electron chi connectivity index (χ3n) is 3.41. The second kappa shape index (κ2) is 8.99. The Labute approximate surface area is 135 Å². The Bertz CT molecular complexity index is 545. The van der Waals surface area contributed by atoms with Crippen molar-refractivity contribution in [1.29, 1.82) is 0 Å². The lowest BCUT2D eigenvalue weighted by atomic mass is 9.94. The molecule has 7 heteroatoms. The molecule has 0 aliphatic carbocycles. The van der Waals surface area contributed by atoms with Crippen LogP contribution in [0.1, 0.15) is 18.9 Å². The van der Waals surface area contributed by atoms with E-state index >= 15 is 0 Å². The minimum atomic E-state index is -0.588. The number of hydrogen-bond acceptors (Lipinski definition) is 6. The van der Waals surface area contributed by atoms with Gasteiger partial charge in [-0.15, -0.1) is 0 Å². The lowest BCUT2D eigenvalue weighted by molar-refractivity contribution is -0.149. The molecule has 1 unspecified atom stereocenters. The number of carbonyl (C=O) groups excluding carboxylic acids is 2. The highest BCUT2D eigenvalue weighted by atomic mass is 16.5. The van der Waals surface area contributed by atoms with Gasteiger partial charge in [0.15, 0.2) is 0 Å². The first-order valence-electron chi connectivity index (χ1n) is 7.41. The average molecular weight is 325 g/mol. The SMILES string of the molecule is CCOC(=O)CN(C)C(=O)C(CCO)Cc1ccc(O)cc1O. The maximum absolute atomic E-state index is 12.4. The van der Waals surface area contributed by atoms with E-state index in [9.17, 15) is 19.8 Å². The Kier molecular flexibility index (Phi) is 7.34. The molecule has 0 aromatic heterocycles. The first-order chi connectivity index (χ1) is 10.9. The van der Waals surface area contributed by atoms with E-state index in [2.05, 4.69) is 0 Å². The van der Waals surface area contributed by atoms with Gasteiger partial charge in [0.2, 0.25) is 5.91 Å². The van der Waals surface area contributed by atoms with Gasteiger partial charge in [0.1, 0.15) is 18.0 Å². The quantitative estimate of drug-likeness (QED) is 0.606. The molecule has 1 rings (SSSR count). The lowest BCUT2D eigenvalue weighted by Gasteiger charge is -2.23. The Morgan fingerprint density at radius 1 is 1.30 bits per heavy atom. The van der Waals surface area contributed by atoms with E-state index in [1.165, 1.54) is 30.1 Å². The van der Waals surface area contributed by atoms with Crippen LogP contribution in [0.4, 0.5) is 0 Å². The maximum atomic E-state index is 12.4. The summed E-state index contributed by atoms with van der Waals surface area (Å²) in [4.78, 5) is 25.1. The Balaban J connectivity index is 2.80. The van der Waals surface area contributed by atoms with Crippen molar-refractivity contribution in [2.45, 2.75) is 19.8 Å². The van der Waals surface area contributed by atoms with Gasteiger partial charge in [-0.3, -0.25) is 9.59 Å². The van der Waals surface area contributed by atoms with E-state index in [4.69, 9.17) is 9.84 Å². The van der Waals surface area contributed by atoms with Gasteiger partial charge in [0, 0.05) is 25.6 Å². The van der Waals surface area contributed by atoms with E-state index in [1.54, 1.807) is 6.92 Å². The fourth-order valence-corrected chi connectivity index (χ4v) is 2.25. The van der Waals surface area contributed by atoms with Gasteiger partial charge in [-0.05, 0) is 31.4 Å². The van der Waals surface area contributed by atoms with Crippen molar-refractivity contribution < 1.29 is 29.6 Å². The van der Waals surface area contributed by atoms with Crippen molar-refractivity contribution in [2.24, 2.45) is 5.92 Å². The molecule has 0 saturated heterocycles. The molecule has 0 heterocycles. The minimum Gasteiger partial charge on any atom is -0.508 e. The number of benzene rings is 1. The molecular formula is C16H23NO6. The van der Waals surface area contributed by atoms with Gasteiger partial charge < -0.3 is 25.0 Å². The number of aromatic hydroxyl groups is 2. The van der Waals surface area contributed by atoms with Crippen LogP contribution in [-0.4, -0.2) is 58.9 Å². The third kappa shape index (κ3) is 5.78. The summed E-state index contributed by atoms with van der Waals surface area (Å²) in [5.41, 5.74) is 0.485. The number of hydrogen-bond donors (Lipinski definition) is 3. The normalized spacial score (nSPS) is 11.8. The lowest BCUT2D eigenvalue weighted by Crippen LogP contribution is -2.38. The van der Waals surface area contributed by atoms with Crippen LogP contribution in [0.5, 0.6) is 11.5 Å². The summed E-state index contributed by atoms with van der Waals surface area (Å²) in [5.74, 6) is -1.60. The van der Waals surface area contributed by atoms with Gasteiger partial charge in [-0.25, -0.2) is 0 Å². The first-order valence-corrected chi connectivity index (χ1v) is 7.41. The summed E-state index contributed by atoms with van der Waals surface area (Å²) in [7, 11) is 1.49. The van der Waals surface area contributed by atoms with Crippen LogP contribution < -0.4 is 0 Å². The predicted molar refractivity (Wildman–Crippen MR) is 82.9 cm³/mol. The van der Waals surface area contributed by atoms with Crippen molar-refractivity contribution >= 4 is 11.9 Å². The molecule has 0 aliphatic heterocycles. The third-order valence-corrected chi connectivity index (χ3v) is 3.41. The van der Waals surface area contributed by atoms with Crippen LogP contribution >= 0.6 is 0 Å². The summed E-state index contributed by atoms with van der Waals surface area (Å²) in [5, 5.41) is 28.3. The molecule has 1 aromatic rings. The number of phenolic OH excluding ortho intramolecular Hbond substituents is 2. The fraction of sp³-hybridized carbons (Fsp3) is 0.500. The highest BCUT2D eigenvalue weighted by Crippen LogP contribution is 2.26. The number of phenols is 2. The van der Waals surface area contributed by atoms with Crippen LogP contribution in [0, 0.1) is 5.92 Å². The predicted octanol–water partition coefficient (Wildman–Crippen LogP) is 0.660. The van der Waals surface area contributed by atoms with Crippen LogP contribution in [0.3, 0.4) is 0 Å². The molecule has 128 valence electrons. The second-order valence-corrected chi connectivity index (χ2v) is 5.23. The van der Waals surface area contributed by atoms with E-state index in [0.717, 1.165) is 0 Å². The number of ether oxygens (including phenoxy) is 1. The Morgan fingerprint density at radius 3 is 2.57 bits per heavy atom. The number of aliphatic hydroxyl groups excluding tert-OH is 1. The smallest absolute Gasteiger partial charge is 0.325 e. The zero-order valence-electron chi connectivity index (χ0n) is 13.4. The second-order valence-electron chi connectivity index (χ2n) is 5.23. The van der Waals surface area contributed by atoms with Gasteiger partial charge in [-0.1, -0.05) is 6.07 Å². The fourth-order valence-electron chi connectivity index (χ4n) is 2.25. The molecule has 1 aromatic carbocycles. The number of aliphatic hydroxyl groups is 1. The number of nitrogens with zero attached hydrogens (tertiary/aromatic N) is 1. The molecular weight excluding hydrogens is 302 g/mol. The zero-order chi connectivity index (χ0) is 17.4. The summed E-state index contributed by atoms with van der Waals surface area (Å²) in [6, 6.07) is 4.13. The number of carbonyl (C=O) groups is 2. The molecule has 0 fully saturated rings. The largest absolute Gasteiger partial charge is 0.508 e. The minimum absolute atomic E-state index is 0.0734. The van der Waals surface area contributed by atoms with Gasteiger partial charge in [0.25, 0.3) is 0 Å². The number of esters is 1. The Hall–Kier alpha value is -2.28. The Morgan fingerprint density at radius 2 is 2.00 bits per heavy atom. The molecule has 0 saturated carbocycles. The highest BCUT2D eigenvalue weighted by Gasteiger charge is 2.24. The number of rotatable bonds is 8. The van der Waals surface area contributed by atoms with E-state index in [-0.39, 0.29) is 50.0 Å². The molecule has 1 atom stereocenters. The molecule has 0 radical (unpaired) electrons. The van der Waals surface area contributed by atoms with Crippen LogP contribution in [0.15, 0.2) is 18.2 Å². The van der Waals surface area contributed by atoms with Crippen LogP contribution in [0.25, 0.3) is 0 Å². The van der Waals surface area contributed by atoms with Crippen LogP contribution in [-0.2, 0) is 20.7 Å². The number of likely N-dealkylation sites (N-methyl/N-ethyl adjacent to an activating group) is 1. The zero-order valence-corrected chi connectivity index (χ0v) is 13.4. The van der Waals surface area contributed by atoms with Crippen molar-refractivity contribution in [3.8, 4) is 11.5 Å². The molecule has 0 bridgehead atoms. The van der Waals surface area contributed by atoms with Crippen molar-refractivity contribution in [3.05, 3.63) is 23.8 Å². The summed E-state index contributed by atoms with van der Waals surface area (Å²) in [6.07, 6.45) is 0.394. The van der Waals surface area contributed by atoms with E-state index < -0.39 is 11.9 Å². The average Bonchev–Trinajstić information content (AvgIpc) is 2.48. The maximum Gasteiger partial charge on any atom is 0.325 e. The summed E-state index contributed by atoms with van der Waals surface area (Å²) < 4.78 is 4.80. The van der Waals surface area contributed by atoms with E-state index in [0.29, 0.717) is 5.56 Å². The van der Waals surface area contributed by atoms with Crippen LogP contribution in [0.2, 0.25) is 0 Å². The monoisotopic (exact) mass is 325 g/mol. The number of amides is 1. The molecule has 0 aliphatic rings. The molecule has 23 heavy (non-hydrogen) atoms. The standard InChI is InChI=1S/C16H23NO6/c1-3-23-15(21)10-17(2)16(22)12(6-7-18)8-11-4-5-13(19)9-14(11)20/h4-5,9,12,18-20H,3,6-8,10H2,1-2H3. The van der Waals surface area contributed by atoms with Crippen molar-refractivity contribution in [3.63, 3.8) is 0 Å². The van der Waals surface area contributed by atoms with Gasteiger partial charge >= 0.3 is 5.97 Å². The van der Waals surface area contributed by atoms with Gasteiger partial charge in [-0.2, -0.15) is 0 Å². The molecule has 1 amide bonds. The summed E-state index contributed by atoms with van der Waals surface area (Å²) in [6.45, 7) is 1.56. The molecule has 7 nitrogen and oxygen atoms in total. The summed E-state index contributed by atoms with van der Waals surface area (Å²) >= 11 is 0. The topological polar surface area (TPSA) is 107 Å². The molecule has 3 N–H and O–H groups in total. The van der Waals surface area contributed by atoms with E-state index in [1.807, 2.05) is 0 Å².